The van der Waals surface area contributed by atoms with Crippen molar-refractivity contribution in [2.45, 2.75) is 19.9 Å². The molecule has 3 heteroatoms. The first kappa shape index (κ1) is 12.1. The molecule has 92 valence electrons. The van der Waals surface area contributed by atoms with Gasteiger partial charge < -0.3 is 10.6 Å². The maximum absolute atomic E-state index is 7.57. The monoisotopic (exact) mass is 231 g/mol. The van der Waals surface area contributed by atoms with Crippen LogP contribution < -0.4 is 5.73 Å². The minimum Gasteiger partial charge on any atom is -0.384 e. The summed E-state index contributed by atoms with van der Waals surface area (Å²) in [5, 5.41) is 7.57. The highest BCUT2D eigenvalue weighted by molar-refractivity contribution is 5.96. The molecule has 17 heavy (non-hydrogen) atoms. The molecule has 0 amide bonds. The molecule has 1 aromatic carbocycles. The quantitative estimate of drug-likeness (QED) is 0.602. The summed E-state index contributed by atoms with van der Waals surface area (Å²) in [6, 6.07) is 7.92. The van der Waals surface area contributed by atoms with Gasteiger partial charge in [0.1, 0.15) is 5.84 Å². The third-order valence-electron chi connectivity index (χ3n) is 3.57. The zero-order chi connectivity index (χ0) is 12.4. The Bertz CT molecular complexity index is 414. The van der Waals surface area contributed by atoms with Crippen LogP contribution in [0.4, 0.5) is 0 Å². The highest BCUT2D eigenvalue weighted by Gasteiger charge is 2.33. The fourth-order valence-electron chi connectivity index (χ4n) is 2.33. The molecule has 3 nitrogen and oxygen atoms in total. The summed E-state index contributed by atoms with van der Waals surface area (Å²) in [4.78, 5) is 2.33. The number of nitrogens with zero attached hydrogens (tertiary/aromatic N) is 1. The number of hydrogen-bond acceptors (Lipinski definition) is 2. The summed E-state index contributed by atoms with van der Waals surface area (Å²) < 4.78 is 0. The molecule has 1 fully saturated rings. The predicted octanol–water partition coefficient (Wildman–Crippen LogP) is 2.06. The van der Waals surface area contributed by atoms with Crippen molar-refractivity contribution in [1.82, 2.24) is 4.90 Å². The van der Waals surface area contributed by atoms with Gasteiger partial charge in [0.15, 0.2) is 0 Å². The molecule has 0 saturated heterocycles. The Balaban J connectivity index is 1.99. The smallest absolute Gasteiger partial charge is 0.123 e. The van der Waals surface area contributed by atoms with Crippen LogP contribution in [0.1, 0.15) is 24.5 Å². The molecule has 0 bridgehead atoms. The molecule has 1 aliphatic carbocycles. The summed E-state index contributed by atoms with van der Waals surface area (Å²) in [6.45, 7) is 4.33. The molecule has 0 heterocycles. The van der Waals surface area contributed by atoms with Crippen molar-refractivity contribution in [2.24, 2.45) is 17.6 Å². The van der Waals surface area contributed by atoms with Gasteiger partial charge in [-0.25, -0.2) is 0 Å². The van der Waals surface area contributed by atoms with Crippen molar-refractivity contribution in [2.75, 3.05) is 13.6 Å². The normalized spacial score (nSPS) is 22.8. The number of nitrogens with one attached hydrogen (secondary N) is 1. The van der Waals surface area contributed by atoms with Crippen molar-refractivity contribution in [3.05, 3.63) is 35.4 Å². The minimum absolute atomic E-state index is 0.161. The SMILES string of the molecule is CC1CC1CN(C)Cc1ccccc1C(=N)N. The van der Waals surface area contributed by atoms with Crippen molar-refractivity contribution in [3.8, 4) is 0 Å². The maximum atomic E-state index is 7.57. The number of amidine groups is 1. The first-order valence-corrected chi connectivity index (χ1v) is 6.18. The van der Waals surface area contributed by atoms with Crippen LogP contribution in [-0.2, 0) is 6.54 Å². The van der Waals surface area contributed by atoms with Gasteiger partial charge in [-0.05, 0) is 30.9 Å². The lowest BCUT2D eigenvalue weighted by Crippen LogP contribution is -2.23. The van der Waals surface area contributed by atoms with Crippen LogP contribution in [-0.4, -0.2) is 24.3 Å². The van der Waals surface area contributed by atoms with E-state index in [0.717, 1.165) is 36.1 Å². The highest BCUT2D eigenvalue weighted by atomic mass is 15.1. The average Bonchev–Trinajstić information content (AvgIpc) is 2.94. The highest BCUT2D eigenvalue weighted by Crippen LogP contribution is 2.38. The summed E-state index contributed by atoms with van der Waals surface area (Å²) in [7, 11) is 2.14. The molecule has 3 N–H and O–H groups in total. The summed E-state index contributed by atoms with van der Waals surface area (Å²) in [5.41, 5.74) is 7.60. The molecule has 0 aliphatic heterocycles. The van der Waals surface area contributed by atoms with Crippen LogP contribution in [0.5, 0.6) is 0 Å². The van der Waals surface area contributed by atoms with Crippen molar-refractivity contribution >= 4 is 5.84 Å². The molecule has 1 aromatic rings. The van der Waals surface area contributed by atoms with E-state index in [2.05, 4.69) is 24.9 Å². The maximum Gasteiger partial charge on any atom is 0.123 e. The fraction of sp³-hybridized carbons (Fsp3) is 0.500. The predicted molar refractivity (Wildman–Crippen MR) is 71.1 cm³/mol. The fourth-order valence-corrected chi connectivity index (χ4v) is 2.33. The van der Waals surface area contributed by atoms with Gasteiger partial charge in [0.25, 0.3) is 0 Å². The molecule has 2 unspecified atom stereocenters. The number of nitrogens with two attached hydrogens (primary N) is 1. The lowest BCUT2D eigenvalue weighted by molar-refractivity contribution is 0.307. The zero-order valence-electron chi connectivity index (χ0n) is 10.6. The lowest BCUT2D eigenvalue weighted by atomic mass is 10.1. The van der Waals surface area contributed by atoms with Crippen molar-refractivity contribution in [1.29, 1.82) is 5.41 Å². The van der Waals surface area contributed by atoms with Crippen LogP contribution >= 0.6 is 0 Å². The first-order chi connectivity index (χ1) is 8.08. The van der Waals surface area contributed by atoms with Crippen LogP contribution in [0.25, 0.3) is 0 Å². The number of rotatable bonds is 5. The molecule has 0 aromatic heterocycles. The Kier molecular flexibility index (Phi) is 3.48. The van der Waals surface area contributed by atoms with Gasteiger partial charge >= 0.3 is 0 Å². The van der Waals surface area contributed by atoms with E-state index in [0.29, 0.717) is 0 Å². The molecule has 1 saturated carbocycles. The third kappa shape index (κ3) is 3.07. The zero-order valence-corrected chi connectivity index (χ0v) is 10.6. The standard InChI is InChI=1S/C14H21N3/c1-10-7-12(10)9-17(2)8-11-5-3-4-6-13(11)14(15)16/h3-6,10,12H,7-9H2,1-2H3,(H3,15,16). The Morgan fingerprint density at radius 2 is 2.12 bits per heavy atom. The van der Waals surface area contributed by atoms with Crippen molar-refractivity contribution in [3.63, 3.8) is 0 Å². The molecular weight excluding hydrogens is 210 g/mol. The Morgan fingerprint density at radius 1 is 1.47 bits per heavy atom. The van der Waals surface area contributed by atoms with E-state index < -0.39 is 0 Å². The van der Waals surface area contributed by atoms with Crippen molar-refractivity contribution < 1.29 is 0 Å². The number of hydrogen-bond donors (Lipinski definition) is 2. The van der Waals surface area contributed by atoms with E-state index in [-0.39, 0.29) is 5.84 Å². The Labute approximate surface area is 103 Å². The van der Waals surface area contributed by atoms with Crippen LogP contribution in [0, 0.1) is 17.2 Å². The van der Waals surface area contributed by atoms with Gasteiger partial charge in [0.2, 0.25) is 0 Å². The molecule has 0 radical (unpaired) electrons. The van der Waals surface area contributed by atoms with Gasteiger partial charge in [-0.1, -0.05) is 31.2 Å². The molecule has 2 atom stereocenters. The number of benzene rings is 1. The van der Waals surface area contributed by atoms with E-state index in [1.54, 1.807) is 0 Å². The molecule has 0 spiro atoms. The summed E-state index contributed by atoms with van der Waals surface area (Å²) in [6.07, 6.45) is 1.36. The second kappa shape index (κ2) is 4.88. The minimum atomic E-state index is 0.161. The van der Waals surface area contributed by atoms with Crippen LogP contribution in [0.2, 0.25) is 0 Å². The number of nitrogen functional groups attached to an aromatic ring is 1. The van der Waals surface area contributed by atoms with Gasteiger partial charge in [-0.3, -0.25) is 5.41 Å². The van der Waals surface area contributed by atoms with Gasteiger partial charge in [0, 0.05) is 18.7 Å². The molecule has 2 rings (SSSR count). The molecule has 1 aliphatic rings. The first-order valence-electron chi connectivity index (χ1n) is 6.18. The lowest BCUT2D eigenvalue weighted by Gasteiger charge is -2.18. The summed E-state index contributed by atoms with van der Waals surface area (Å²) in [5.74, 6) is 1.92. The topological polar surface area (TPSA) is 53.1 Å². The van der Waals surface area contributed by atoms with E-state index >= 15 is 0 Å². The van der Waals surface area contributed by atoms with Gasteiger partial charge in [-0.15, -0.1) is 0 Å². The largest absolute Gasteiger partial charge is 0.384 e. The Hall–Kier alpha value is -1.35. The van der Waals surface area contributed by atoms with E-state index in [9.17, 15) is 0 Å². The summed E-state index contributed by atoms with van der Waals surface area (Å²) >= 11 is 0. The van der Waals surface area contributed by atoms with E-state index in [1.165, 1.54) is 6.42 Å². The average molecular weight is 231 g/mol. The van der Waals surface area contributed by atoms with Crippen LogP contribution in [0.3, 0.4) is 0 Å². The molecular formula is C14H21N3. The van der Waals surface area contributed by atoms with Crippen LogP contribution in [0.15, 0.2) is 24.3 Å². The van der Waals surface area contributed by atoms with E-state index in [4.69, 9.17) is 11.1 Å². The Morgan fingerprint density at radius 3 is 2.71 bits per heavy atom. The van der Waals surface area contributed by atoms with Gasteiger partial charge in [0.05, 0.1) is 0 Å². The second-order valence-corrected chi connectivity index (χ2v) is 5.24. The third-order valence-corrected chi connectivity index (χ3v) is 3.57. The second-order valence-electron chi connectivity index (χ2n) is 5.24. The van der Waals surface area contributed by atoms with Gasteiger partial charge in [-0.2, -0.15) is 0 Å². The van der Waals surface area contributed by atoms with E-state index in [1.807, 2.05) is 18.2 Å².